The minimum Gasteiger partial charge on any atom is -0.487 e. The highest BCUT2D eigenvalue weighted by Crippen LogP contribution is 2.26. The van der Waals surface area contributed by atoms with Crippen molar-refractivity contribution in [3.63, 3.8) is 0 Å². The van der Waals surface area contributed by atoms with Gasteiger partial charge in [0.15, 0.2) is 17.4 Å². The van der Waals surface area contributed by atoms with Gasteiger partial charge in [-0.05, 0) is 18.1 Å². The van der Waals surface area contributed by atoms with E-state index in [1.165, 1.54) is 12.1 Å². The fourth-order valence-electron chi connectivity index (χ4n) is 0.917. The second kappa shape index (κ2) is 4.73. The van der Waals surface area contributed by atoms with E-state index in [0.29, 0.717) is 11.1 Å². The van der Waals surface area contributed by atoms with E-state index in [4.69, 9.17) is 4.74 Å². The number of ether oxygens (including phenoxy) is 1. The van der Waals surface area contributed by atoms with E-state index in [1.807, 2.05) is 13.8 Å². The van der Waals surface area contributed by atoms with Gasteiger partial charge in [0, 0.05) is 4.47 Å². The lowest BCUT2D eigenvalue weighted by Gasteiger charge is -2.10. The fraction of sp³-hybridized carbons (Fsp3) is 0.400. The van der Waals surface area contributed by atoms with Crippen LogP contribution < -0.4 is 4.74 Å². The summed E-state index contributed by atoms with van der Waals surface area (Å²) in [6.07, 6.45) is 0. The molecule has 0 bridgehead atoms. The maximum atomic E-state index is 13.2. The molecule has 0 aliphatic rings. The van der Waals surface area contributed by atoms with Crippen LogP contribution >= 0.6 is 15.9 Å². The van der Waals surface area contributed by atoms with Crippen LogP contribution in [0.4, 0.5) is 8.78 Å². The second-order valence-electron chi connectivity index (χ2n) is 3.40. The largest absolute Gasteiger partial charge is 0.487 e. The number of halogens is 3. The minimum atomic E-state index is -0.683. The van der Waals surface area contributed by atoms with E-state index in [9.17, 15) is 8.78 Å². The standard InChI is InChI=1S/C10H11BrF2O/c1-6(2)5-14-10-8(12)3-7(11)4-9(10)13/h3-4,6H,5H2,1-2H3. The third kappa shape index (κ3) is 2.94. The Morgan fingerprint density at radius 1 is 1.29 bits per heavy atom. The number of benzene rings is 1. The van der Waals surface area contributed by atoms with E-state index < -0.39 is 11.6 Å². The molecule has 0 atom stereocenters. The molecule has 0 amide bonds. The number of hydrogen-bond donors (Lipinski definition) is 0. The zero-order valence-electron chi connectivity index (χ0n) is 7.98. The normalized spacial score (nSPS) is 10.7. The zero-order valence-corrected chi connectivity index (χ0v) is 9.57. The van der Waals surface area contributed by atoms with Gasteiger partial charge in [0.05, 0.1) is 6.61 Å². The molecule has 1 aromatic rings. The molecule has 0 aromatic heterocycles. The molecule has 4 heteroatoms. The lowest BCUT2D eigenvalue weighted by molar-refractivity contribution is 0.247. The highest BCUT2D eigenvalue weighted by atomic mass is 79.9. The van der Waals surface area contributed by atoms with Gasteiger partial charge < -0.3 is 4.74 Å². The first-order valence-electron chi connectivity index (χ1n) is 4.28. The quantitative estimate of drug-likeness (QED) is 0.808. The van der Waals surface area contributed by atoms with Crippen LogP contribution in [-0.2, 0) is 0 Å². The summed E-state index contributed by atoms with van der Waals surface area (Å²) in [4.78, 5) is 0. The molecule has 0 radical (unpaired) electrons. The van der Waals surface area contributed by atoms with Crippen LogP contribution in [0.25, 0.3) is 0 Å². The molecule has 1 aromatic carbocycles. The Morgan fingerprint density at radius 3 is 2.21 bits per heavy atom. The monoisotopic (exact) mass is 264 g/mol. The van der Waals surface area contributed by atoms with Crippen molar-refractivity contribution < 1.29 is 13.5 Å². The first-order chi connectivity index (χ1) is 6.50. The SMILES string of the molecule is CC(C)COc1c(F)cc(Br)cc1F. The van der Waals surface area contributed by atoms with Crippen molar-refractivity contribution in [3.05, 3.63) is 28.2 Å². The van der Waals surface area contributed by atoms with Crippen molar-refractivity contribution in [2.75, 3.05) is 6.61 Å². The first-order valence-corrected chi connectivity index (χ1v) is 5.07. The predicted octanol–water partition coefficient (Wildman–Crippen LogP) is 3.76. The summed E-state index contributed by atoms with van der Waals surface area (Å²) in [5.41, 5.74) is 0. The molecule has 0 heterocycles. The Morgan fingerprint density at radius 2 is 1.79 bits per heavy atom. The van der Waals surface area contributed by atoms with Gasteiger partial charge in [-0.1, -0.05) is 29.8 Å². The Hall–Kier alpha value is -0.640. The van der Waals surface area contributed by atoms with Crippen molar-refractivity contribution in [3.8, 4) is 5.75 Å². The second-order valence-corrected chi connectivity index (χ2v) is 4.32. The van der Waals surface area contributed by atoms with Crippen molar-refractivity contribution in [1.82, 2.24) is 0 Å². The third-order valence-electron chi connectivity index (χ3n) is 1.52. The Bertz CT molecular complexity index is 303. The van der Waals surface area contributed by atoms with Gasteiger partial charge in [-0.15, -0.1) is 0 Å². The molecule has 1 nitrogen and oxygen atoms in total. The van der Waals surface area contributed by atoms with Crippen molar-refractivity contribution in [1.29, 1.82) is 0 Å². The number of hydrogen-bond acceptors (Lipinski definition) is 1. The highest BCUT2D eigenvalue weighted by Gasteiger charge is 2.12. The van der Waals surface area contributed by atoms with Crippen LogP contribution in [0.2, 0.25) is 0 Å². The van der Waals surface area contributed by atoms with Crippen molar-refractivity contribution >= 4 is 15.9 Å². The van der Waals surface area contributed by atoms with Gasteiger partial charge in [-0.3, -0.25) is 0 Å². The summed E-state index contributed by atoms with van der Waals surface area (Å²) in [5, 5.41) is 0. The molecule has 14 heavy (non-hydrogen) atoms. The lowest BCUT2D eigenvalue weighted by atomic mass is 10.2. The average Bonchev–Trinajstić information content (AvgIpc) is 2.01. The Balaban J connectivity index is 2.86. The molecule has 0 saturated heterocycles. The lowest BCUT2D eigenvalue weighted by Crippen LogP contribution is -2.07. The van der Waals surface area contributed by atoms with Crippen LogP contribution in [0.15, 0.2) is 16.6 Å². The first kappa shape index (κ1) is 11.4. The van der Waals surface area contributed by atoms with Crippen molar-refractivity contribution in [2.45, 2.75) is 13.8 Å². The summed E-state index contributed by atoms with van der Waals surface area (Å²) < 4.78 is 31.7. The summed E-state index contributed by atoms with van der Waals surface area (Å²) >= 11 is 2.99. The Kier molecular flexibility index (Phi) is 3.86. The average molecular weight is 265 g/mol. The van der Waals surface area contributed by atoms with Crippen LogP contribution in [0.1, 0.15) is 13.8 Å². The minimum absolute atomic E-state index is 0.234. The van der Waals surface area contributed by atoms with E-state index >= 15 is 0 Å². The Labute approximate surface area is 90.2 Å². The molecule has 0 fully saturated rings. The summed E-state index contributed by atoms with van der Waals surface area (Å²) in [5.74, 6) is -1.44. The molecular formula is C10H11BrF2O. The molecule has 0 N–H and O–H groups in total. The fourth-order valence-corrected chi connectivity index (χ4v) is 1.32. The van der Waals surface area contributed by atoms with Gasteiger partial charge in [0.2, 0.25) is 0 Å². The van der Waals surface area contributed by atoms with Crippen LogP contribution in [0.3, 0.4) is 0 Å². The van der Waals surface area contributed by atoms with E-state index in [-0.39, 0.29) is 11.7 Å². The summed E-state index contributed by atoms with van der Waals surface area (Å²) in [6.45, 7) is 4.12. The summed E-state index contributed by atoms with van der Waals surface area (Å²) in [7, 11) is 0. The smallest absolute Gasteiger partial charge is 0.190 e. The predicted molar refractivity (Wildman–Crippen MR) is 54.4 cm³/mol. The van der Waals surface area contributed by atoms with Gasteiger partial charge in [0.25, 0.3) is 0 Å². The van der Waals surface area contributed by atoms with Gasteiger partial charge in [-0.25, -0.2) is 8.78 Å². The summed E-state index contributed by atoms with van der Waals surface area (Å²) in [6, 6.07) is 2.36. The molecule has 0 aliphatic carbocycles. The van der Waals surface area contributed by atoms with Crippen LogP contribution in [0, 0.1) is 17.6 Å². The molecule has 1 rings (SSSR count). The third-order valence-corrected chi connectivity index (χ3v) is 1.98. The highest BCUT2D eigenvalue weighted by molar-refractivity contribution is 9.10. The van der Waals surface area contributed by atoms with E-state index in [0.717, 1.165) is 0 Å². The topological polar surface area (TPSA) is 9.23 Å². The van der Waals surface area contributed by atoms with Crippen LogP contribution in [-0.4, -0.2) is 6.61 Å². The van der Waals surface area contributed by atoms with Gasteiger partial charge in [-0.2, -0.15) is 0 Å². The molecule has 0 spiro atoms. The van der Waals surface area contributed by atoms with Gasteiger partial charge in [0.1, 0.15) is 0 Å². The van der Waals surface area contributed by atoms with Gasteiger partial charge >= 0.3 is 0 Å². The number of rotatable bonds is 3. The van der Waals surface area contributed by atoms with E-state index in [2.05, 4.69) is 15.9 Å². The van der Waals surface area contributed by atoms with Crippen LogP contribution in [0.5, 0.6) is 5.75 Å². The zero-order chi connectivity index (χ0) is 10.7. The maximum Gasteiger partial charge on any atom is 0.190 e. The molecule has 0 aliphatic heterocycles. The molecule has 0 unspecified atom stereocenters. The van der Waals surface area contributed by atoms with Crippen molar-refractivity contribution in [2.24, 2.45) is 5.92 Å². The molecule has 78 valence electrons. The van der Waals surface area contributed by atoms with E-state index in [1.54, 1.807) is 0 Å². The molecule has 0 saturated carbocycles. The maximum absolute atomic E-state index is 13.2. The molecular weight excluding hydrogens is 254 g/mol.